The summed E-state index contributed by atoms with van der Waals surface area (Å²) in [6.07, 6.45) is 3.43. The van der Waals surface area contributed by atoms with E-state index in [0.29, 0.717) is 12.1 Å². The van der Waals surface area contributed by atoms with Crippen molar-refractivity contribution in [2.75, 3.05) is 0 Å². The molecule has 2 aromatic heterocycles. The van der Waals surface area contributed by atoms with Gasteiger partial charge in [0.1, 0.15) is 5.02 Å². The van der Waals surface area contributed by atoms with Crippen LogP contribution in [0.1, 0.15) is 40.2 Å². The first-order chi connectivity index (χ1) is 10.9. The molecule has 0 bridgehead atoms. The first-order valence-corrected chi connectivity index (χ1v) is 7.94. The summed E-state index contributed by atoms with van der Waals surface area (Å²) < 4.78 is 1.83. The molecule has 122 valence electrons. The highest BCUT2D eigenvalue weighted by Crippen LogP contribution is 2.31. The molecule has 0 atom stereocenters. The van der Waals surface area contributed by atoms with Crippen molar-refractivity contribution in [3.05, 3.63) is 50.2 Å². The van der Waals surface area contributed by atoms with Gasteiger partial charge in [0.2, 0.25) is 0 Å². The minimum absolute atomic E-state index is 0.0281. The number of H-pyrrole nitrogens is 1. The number of carbonyl (C=O) groups excluding carboxylic acids is 1. The van der Waals surface area contributed by atoms with Crippen molar-refractivity contribution >= 4 is 17.5 Å². The molecular formula is C16H19ClN4O2. The van der Waals surface area contributed by atoms with Gasteiger partial charge in [0.05, 0.1) is 11.3 Å². The largest absolute Gasteiger partial charge is 0.331 e. The first-order valence-electron chi connectivity index (χ1n) is 7.56. The second-order valence-corrected chi connectivity index (χ2v) is 6.41. The highest BCUT2D eigenvalue weighted by Gasteiger charge is 2.34. The number of aryl methyl sites for hydroxylation is 2. The molecule has 1 aliphatic carbocycles. The average Bonchev–Trinajstić information content (AvgIpc) is 3.30. The predicted octanol–water partition coefficient (Wildman–Crippen LogP) is 2.18. The number of pyridine rings is 1. The zero-order chi connectivity index (χ0) is 16.7. The quantitative estimate of drug-likeness (QED) is 0.931. The zero-order valence-corrected chi connectivity index (χ0v) is 14.1. The third-order valence-corrected chi connectivity index (χ3v) is 4.62. The van der Waals surface area contributed by atoms with Crippen LogP contribution >= 0.6 is 11.6 Å². The molecule has 6 nitrogen and oxygen atoms in total. The summed E-state index contributed by atoms with van der Waals surface area (Å²) in [4.78, 5) is 28.6. The van der Waals surface area contributed by atoms with Gasteiger partial charge in [-0.15, -0.1) is 0 Å². The molecule has 1 amide bonds. The number of hydrogen-bond acceptors (Lipinski definition) is 3. The number of hydrogen-bond donors (Lipinski definition) is 1. The van der Waals surface area contributed by atoms with Crippen molar-refractivity contribution < 1.29 is 4.79 Å². The van der Waals surface area contributed by atoms with Crippen LogP contribution in [0, 0.1) is 13.8 Å². The Hall–Kier alpha value is -2.08. The van der Waals surface area contributed by atoms with Gasteiger partial charge in [0.15, 0.2) is 0 Å². The second-order valence-electron chi connectivity index (χ2n) is 6.00. The maximum atomic E-state index is 12.8. The van der Waals surface area contributed by atoms with E-state index in [9.17, 15) is 9.59 Å². The highest BCUT2D eigenvalue weighted by atomic mass is 35.5. The Bertz CT molecular complexity index is 820. The van der Waals surface area contributed by atoms with E-state index in [1.165, 1.54) is 12.3 Å². The lowest BCUT2D eigenvalue weighted by Gasteiger charge is -2.23. The molecule has 0 aromatic carbocycles. The number of amides is 1. The fourth-order valence-electron chi connectivity index (χ4n) is 2.71. The molecule has 23 heavy (non-hydrogen) atoms. The summed E-state index contributed by atoms with van der Waals surface area (Å²) in [5.74, 6) is -0.117. The number of aromatic nitrogens is 3. The van der Waals surface area contributed by atoms with Crippen LogP contribution in [0.4, 0.5) is 0 Å². The van der Waals surface area contributed by atoms with Gasteiger partial charge in [-0.3, -0.25) is 14.3 Å². The van der Waals surface area contributed by atoms with E-state index in [4.69, 9.17) is 11.6 Å². The minimum atomic E-state index is -0.389. The van der Waals surface area contributed by atoms with Gasteiger partial charge < -0.3 is 9.88 Å². The number of nitrogens with one attached hydrogen (secondary N) is 1. The normalized spacial score (nSPS) is 14.1. The Labute approximate surface area is 139 Å². The van der Waals surface area contributed by atoms with E-state index in [0.717, 1.165) is 29.8 Å². The summed E-state index contributed by atoms with van der Waals surface area (Å²) in [6.45, 7) is 4.47. The summed E-state index contributed by atoms with van der Waals surface area (Å²) in [7, 11) is 1.90. The van der Waals surface area contributed by atoms with Crippen molar-refractivity contribution in [2.24, 2.45) is 7.05 Å². The molecule has 0 radical (unpaired) electrons. The Balaban J connectivity index is 1.91. The SMILES string of the molecule is Cc1nn(C)c(C)c1CN(C(=O)c1c[nH]c(=O)c(Cl)c1)C1CC1. The van der Waals surface area contributed by atoms with E-state index in [2.05, 4.69) is 10.1 Å². The van der Waals surface area contributed by atoms with Gasteiger partial charge in [0, 0.05) is 37.1 Å². The summed E-state index contributed by atoms with van der Waals surface area (Å²) >= 11 is 5.84. The smallest absolute Gasteiger partial charge is 0.266 e. The van der Waals surface area contributed by atoms with Crippen LogP contribution in [0.5, 0.6) is 0 Å². The topological polar surface area (TPSA) is 71.0 Å². The molecule has 0 aliphatic heterocycles. The molecule has 3 rings (SSSR count). The van der Waals surface area contributed by atoms with Crippen LogP contribution in [-0.4, -0.2) is 31.6 Å². The predicted molar refractivity (Wildman–Crippen MR) is 87.7 cm³/mol. The Morgan fingerprint density at radius 3 is 2.70 bits per heavy atom. The van der Waals surface area contributed by atoms with Crippen LogP contribution in [0.15, 0.2) is 17.1 Å². The Kier molecular flexibility index (Phi) is 4.02. The standard InChI is InChI=1S/C16H19ClN4O2/c1-9-13(10(2)20(3)19-9)8-21(12-4-5-12)16(23)11-6-14(17)15(22)18-7-11/h6-7,12H,4-5,8H2,1-3H3,(H,18,22). The molecule has 0 spiro atoms. The highest BCUT2D eigenvalue weighted by molar-refractivity contribution is 6.30. The van der Waals surface area contributed by atoms with Crippen molar-refractivity contribution in [1.82, 2.24) is 19.7 Å². The van der Waals surface area contributed by atoms with Crippen LogP contribution < -0.4 is 5.56 Å². The van der Waals surface area contributed by atoms with Gasteiger partial charge in [-0.1, -0.05) is 11.6 Å². The maximum absolute atomic E-state index is 12.8. The molecule has 1 aliphatic rings. The number of rotatable bonds is 4. The molecule has 0 saturated heterocycles. The average molecular weight is 335 g/mol. The molecule has 1 saturated carbocycles. The maximum Gasteiger partial charge on any atom is 0.266 e. The third-order valence-electron chi connectivity index (χ3n) is 4.34. The molecule has 2 aromatic rings. The second kappa shape index (κ2) is 5.85. The van der Waals surface area contributed by atoms with Gasteiger partial charge in [-0.25, -0.2) is 0 Å². The summed E-state index contributed by atoms with van der Waals surface area (Å²) in [5, 5.41) is 4.44. The summed E-state index contributed by atoms with van der Waals surface area (Å²) in [5.41, 5.74) is 3.08. The van der Waals surface area contributed by atoms with Crippen LogP contribution in [-0.2, 0) is 13.6 Å². The third kappa shape index (κ3) is 3.03. The lowest BCUT2D eigenvalue weighted by atomic mass is 10.1. The van der Waals surface area contributed by atoms with Crippen molar-refractivity contribution in [2.45, 2.75) is 39.3 Å². The van der Waals surface area contributed by atoms with Crippen LogP contribution in [0.25, 0.3) is 0 Å². The number of halogens is 1. The molecule has 1 fully saturated rings. The van der Waals surface area contributed by atoms with Gasteiger partial charge in [-0.2, -0.15) is 5.10 Å². The zero-order valence-electron chi connectivity index (χ0n) is 13.4. The van der Waals surface area contributed by atoms with Crippen molar-refractivity contribution in [3.63, 3.8) is 0 Å². The fourth-order valence-corrected chi connectivity index (χ4v) is 2.89. The molecule has 7 heteroatoms. The van der Waals surface area contributed by atoms with E-state index < -0.39 is 0 Å². The number of aromatic amines is 1. The molecular weight excluding hydrogens is 316 g/mol. The number of nitrogens with zero attached hydrogens (tertiary/aromatic N) is 3. The van der Waals surface area contributed by atoms with Crippen molar-refractivity contribution in [1.29, 1.82) is 0 Å². The van der Waals surface area contributed by atoms with E-state index >= 15 is 0 Å². The molecule has 1 N–H and O–H groups in total. The lowest BCUT2D eigenvalue weighted by Crippen LogP contribution is -2.33. The minimum Gasteiger partial charge on any atom is -0.331 e. The van der Waals surface area contributed by atoms with E-state index in [-0.39, 0.29) is 22.5 Å². The van der Waals surface area contributed by atoms with E-state index in [1.807, 2.05) is 30.5 Å². The van der Waals surface area contributed by atoms with Crippen molar-refractivity contribution in [3.8, 4) is 0 Å². The van der Waals surface area contributed by atoms with Crippen LogP contribution in [0.2, 0.25) is 5.02 Å². The number of carbonyl (C=O) groups is 1. The molecule has 2 heterocycles. The Morgan fingerprint density at radius 1 is 1.48 bits per heavy atom. The first kappa shape index (κ1) is 15.8. The summed E-state index contributed by atoms with van der Waals surface area (Å²) in [6, 6.07) is 1.67. The Morgan fingerprint density at radius 2 is 2.17 bits per heavy atom. The lowest BCUT2D eigenvalue weighted by molar-refractivity contribution is 0.0729. The molecule has 0 unspecified atom stereocenters. The van der Waals surface area contributed by atoms with Gasteiger partial charge in [-0.05, 0) is 32.8 Å². The van der Waals surface area contributed by atoms with Gasteiger partial charge in [0.25, 0.3) is 11.5 Å². The fraction of sp³-hybridized carbons (Fsp3) is 0.438. The van der Waals surface area contributed by atoms with Crippen LogP contribution in [0.3, 0.4) is 0 Å². The van der Waals surface area contributed by atoms with Gasteiger partial charge >= 0.3 is 0 Å². The monoisotopic (exact) mass is 334 g/mol. The van der Waals surface area contributed by atoms with E-state index in [1.54, 1.807) is 0 Å².